The van der Waals surface area contributed by atoms with Crippen molar-refractivity contribution in [1.29, 1.82) is 0 Å². The summed E-state index contributed by atoms with van der Waals surface area (Å²) < 4.78 is 10.4. The first kappa shape index (κ1) is 13.5. The van der Waals surface area contributed by atoms with Crippen LogP contribution in [0.25, 0.3) is 0 Å². The van der Waals surface area contributed by atoms with Gasteiger partial charge in [-0.05, 0) is 39.8 Å². The minimum Gasteiger partial charge on any atom is -0.466 e. The predicted molar refractivity (Wildman–Crippen MR) is 62.3 cm³/mol. The highest BCUT2D eigenvalue weighted by molar-refractivity contribution is 5.70. The molecule has 0 aromatic rings. The Morgan fingerprint density at radius 3 is 2.56 bits per heavy atom. The summed E-state index contributed by atoms with van der Waals surface area (Å²) in [5.41, 5.74) is 0. The van der Waals surface area contributed by atoms with E-state index in [1.54, 1.807) is 0 Å². The lowest BCUT2D eigenvalue weighted by molar-refractivity contribution is -0.145. The molecule has 0 saturated carbocycles. The molecule has 1 rings (SSSR count). The highest BCUT2D eigenvalue weighted by Gasteiger charge is 2.28. The molecule has 0 spiro atoms. The van der Waals surface area contributed by atoms with Crippen LogP contribution >= 0.6 is 0 Å². The second-order valence-corrected chi connectivity index (χ2v) is 4.49. The summed E-state index contributed by atoms with van der Waals surface area (Å²) in [6.45, 7) is 3.94. The summed E-state index contributed by atoms with van der Waals surface area (Å²) in [7, 11) is 4.05. The van der Waals surface area contributed by atoms with Gasteiger partial charge >= 0.3 is 5.97 Å². The van der Waals surface area contributed by atoms with E-state index < -0.39 is 0 Å². The Hall–Kier alpha value is -0.610. The van der Waals surface area contributed by atoms with Crippen LogP contribution in [0.4, 0.5) is 0 Å². The van der Waals surface area contributed by atoms with Crippen LogP contribution in [0.15, 0.2) is 0 Å². The van der Waals surface area contributed by atoms with Crippen molar-refractivity contribution < 1.29 is 14.3 Å². The van der Waals surface area contributed by atoms with Gasteiger partial charge in [0, 0.05) is 19.3 Å². The van der Waals surface area contributed by atoms with Crippen molar-refractivity contribution in [3.05, 3.63) is 0 Å². The molecule has 1 saturated heterocycles. The second kappa shape index (κ2) is 6.86. The van der Waals surface area contributed by atoms with Crippen LogP contribution in [0.1, 0.15) is 26.2 Å². The molecule has 0 radical (unpaired) electrons. The quantitative estimate of drug-likeness (QED) is 0.666. The van der Waals surface area contributed by atoms with Crippen LogP contribution in [-0.2, 0) is 14.3 Å². The van der Waals surface area contributed by atoms with Crippen LogP contribution in [0.3, 0.4) is 0 Å². The van der Waals surface area contributed by atoms with Gasteiger partial charge in [-0.2, -0.15) is 0 Å². The maximum Gasteiger partial charge on any atom is 0.307 e. The minimum atomic E-state index is -0.0901. The summed E-state index contributed by atoms with van der Waals surface area (Å²) in [5.74, 6) is 0.459. The monoisotopic (exact) mass is 229 g/mol. The molecular weight excluding hydrogens is 206 g/mol. The summed E-state index contributed by atoms with van der Waals surface area (Å²) in [5, 5.41) is 0. The molecule has 1 aliphatic heterocycles. The topological polar surface area (TPSA) is 38.8 Å². The van der Waals surface area contributed by atoms with E-state index in [1.807, 2.05) is 21.0 Å². The third-order valence-electron chi connectivity index (χ3n) is 3.15. The lowest BCUT2D eigenvalue weighted by Crippen LogP contribution is -2.40. The third kappa shape index (κ3) is 4.10. The first-order valence-corrected chi connectivity index (χ1v) is 6.05. The van der Waals surface area contributed by atoms with Crippen LogP contribution in [0.5, 0.6) is 0 Å². The molecule has 16 heavy (non-hydrogen) atoms. The molecule has 0 aliphatic carbocycles. The van der Waals surface area contributed by atoms with E-state index in [0.29, 0.717) is 18.9 Å². The largest absolute Gasteiger partial charge is 0.466 e. The zero-order valence-corrected chi connectivity index (χ0v) is 10.6. The molecule has 1 unspecified atom stereocenters. The molecule has 1 heterocycles. The first-order chi connectivity index (χ1) is 7.65. The van der Waals surface area contributed by atoms with Gasteiger partial charge in [-0.3, -0.25) is 4.79 Å². The molecule has 0 aromatic heterocycles. The van der Waals surface area contributed by atoms with E-state index in [2.05, 4.69) is 4.90 Å². The molecule has 0 N–H and O–H groups in total. The lowest BCUT2D eigenvalue weighted by Gasteiger charge is -2.34. The molecule has 4 nitrogen and oxygen atoms in total. The fourth-order valence-corrected chi connectivity index (χ4v) is 2.26. The van der Waals surface area contributed by atoms with Gasteiger partial charge in [-0.25, -0.2) is 0 Å². The van der Waals surface area contributed by atoms with Crippen LogP contribution in [-0.4, -0.2) is 50.8 Å². The van der Waals surface area contributed by atoms with Gasteiger partial charge in [-0.1, -0.05) is 0 Å². The smallest absolute Gasteiger partial charge is 0.307 e. The Balaban J connectivity index is 2.48. The number of hydrogen-bond donors (Lipinski definition) is 0. The molecule has 0 bridgehead atoms. The van der Waals surface area contributed by atoms with Crippen LogP contribution in [0, 0.1) is 5.92 Å². The van der Waals surface area contributed by atoms with E-state index in [4.69, 9.17) is 9.47 Å². The van der Waals surface area contributed by atoms with Crippen LogP contribution < -0.4 is 0 Å². The molecule has 1 fully saturated rings. The summed E-state index contributed by atoms with van der Waals surface area (Å²) >= 11 is 0. The molecule has 94 valence electrons. The minimum absolute atomic E-state index is 0.0901. The summed E-state index contributed by atoms with van der Waals surface area (Å²) in [6.07, 6.45) is 2.58. The number of ether oxygens (including phenoxy) is 2. The third-order valence-corrected chi connectivity index (χ3v) is 3.15. The van der Waals surface area contributed by atoms with Gasteiger partial charge in [0.2, 0.25) is 0 Å². The molecular formula is C12H23NO3. The van der Waals surface area contributed by atoms with Gasteiger partial charge in [0.25, 0.3) is 0 Å². The molecule has 0 amide bonds. The van der Waals surface area contributed by atoms with Crippen molar-refractivity contribution in [3.8, 4) is 0 Å². The Morgan fingerprint density at radius 1 is 1.44 bits per heavy atom. The van der Waals surface area contributed by atoms with E-state index in [1.165, 1.54) is 0 Å². The van der Waals surface area contributed by atoms with Gasteiger partial charge in [-0.15, -0.1) is 0 Å². The zero-order valence-electron chi connectivity index (χ0n) is 10.6. The van der Waals surface area contributed by atoms with Crippen molar-refractivity contribution in [2.45, 2.75) is 32.2 Å². The highest BCUT2D eigenvalue weighted by atomic mass is 16.5. The Morgan fingerprint density at radius 2 is 2.06 bits per heavy atom. The van der Waals surface area contributed by atoms with Crippen molar-refractivity contribution in [3.63, 3.8) is 0 Å². The molecule has 4 heteroatoms. The van der Waals surface area contributed by atoms with Gasteiger partial charge in [0.15, 0.2) is 0 Å². The fourth-order valence-electron chi connectivity index (χ4n) is 2.26. The molecule has 0 aromatic carbocycles. The predicted octanol–water partition coefficient (Wildman–Crippen LogP) is 1.30. The first-order valence-electron chi connectivity index (χ1n) is 6.05. The van der Waals surface area contributed by atoms with Gasteiger partial charge < -0.3 is 14.4 Å². The lowest BCUT2D eigenvalue weighted by atomic mass is 9.89. The molecule has 1 aliphatic rings. The normalized spacial score (nSPS) is 19.8. The number of hydrogen-bond acceptors (Lipinski definition) is 4. The van der Waals surface area contributed by atoms with E-state index in [-0.39, 0.29) is 12.0 Å². The fraction of sp³-hybridized carbons (Fsp3) is 0.917. The number of carbonyl (C=O) groups is 1. The average Bonchev–Trinajstić information content (AvgIpc) is 2.27. The van der Waals surface area contributed by atoms with E-state index >= 15 is 0 Å². The SMILES string of the molecule is CCOC(=O)CC(C1CCOCC1)N(C)C. The van der Waals surface area contributed by atoms with Crippen molar-refractivity contribution >= 4 is 5.97 Å². The number of carbonyl (C=O) groups excluding carboxylic acids is 1. The van der Waals surface area contributed by atoms with Gasteiger partial charge in [0.1, 0.15) is 0 Å². The van der Waals surface area contributed by atoms with Crippen molar-refractivity contribution in [2.24, 2.45) is 5.92 Å². The van der Waals surface area contributed by atoms with Gasteiger partial charge in [0.05, 0.1) is 13.0 Å². The Labute approximate surface area is 97.9 Å². The van der Waals surface area contributed by atoms with E-state index in [9.17, 15) is 4.79 Å². The summed E-state index contributed by atoms with van der Waals surface area (Å²) in [6, 6.07) is 0.281. The van der Waals surface area contributed by atoms with E-state index in [0.717, 1.165) is 26.1 Å². The standard InChI is InChI=1S/C12H23NO3/c1-4-16-12(14)9-11(13(2)3)10-5-7-15-8-6-10/h10-11H,4-9H2,1-3H3. The van der Waals surface area contributed by atoms with Crippen LogP contribution in [0.2, 0.25) is 0 Å². The Bertz CT molecular complexity index is 212. The number of nitrogens with zero attached hydrogens (tertiary/aromatic N) is 1. The number of rotatable bonds is 5. The maximum atomic E-state index is 11.5. The van der Waals surface area contributed by atoms with Crippen molar-refractivity contribution in [2.75, 3.05) is 33.9 Å². The Kier molecular flexibility index (Phi) is 5.77. The number of esters is 1. The maximum absolute atomic E-state index is 11.5. The second-order valence-electron chi connectivity index (χ2n) is 4.49. The average molecular weight is 229 g/mol. The molecule has 1 atom stereocenters. The zero-order chi connectivity index (χ0) is 12.0. The van der Waals surface area contributed by atoms with Crippen molar-refractivity contribution in [1.82, 2.24) is 4.90 Å². The highest BCUT2D eigenvalue weighted by Crippen LogP contribution is 2.24. The summed E-state index contributed by atoms with van der Waals surface area (Å²) in [4.78, 5) is 13.7.